The Hall–Kier alpha value is -3.39. The quantitative estimate of drug-likeness (QED) is 0.511. The van der Waals surface area contributed by atoms with Gasteiger partial charge in [-0.05, 0) is 34.6 Å². The smallest absolute Gasteiger partial charge is 0.407 e. The number of methoxy groups -OCH3 is 1. The predicted molar refractivity (Wildman–Crippen MR) is 121 cm³/mol. The molecular weight excluding hydrogens is 424 g/mol. The van der Waals surface area contributed by atoms with Gasteiger partial charge in [0, 0.05) is 13.0 Å². The number of nitrogens with one attached hydrogen (secondary N) is 2. The zero-order valence-corrected chi connectivity index (χ0v) is 18.5. The van der Waals surface area contributed by atoms with Crippen molar-refractivity contribution in [1.29, 1.82) is 0 Å². The predicted octanol–water partition coefficient (Wildman–Crippen LogP) is 2.91. The molecule has 2 atom stereocenters. The summed E-state index contributed by atoms with van der Waals surface area (Å²) in [6.45, 7) is 0.00636. The highest BCUT2D eigenvalue weighted by Gasteiger charge is 2.33. The summed E-state index contributed by atoms with van der Waals surface area (Å²) >= 11 is 0. The third-order valence-electron chi connectivity index (χ3n) is 6.17. The molecule has 174 valence electrons. The molecule has 8 heteroatoms. The van der Waals surface area contributed by atoms with Gasteiger partial charge < -0.3 is 25.2 Å². The third-order valence-corrected chi connectivity index (χ3v) is 6.17. The lowest BCUT2D eigenvalue weighted by Gasteiger charge is -2.21. The Kier molecular flexibility index (Phi) is 6.93. The van der Waals surface area contributed by atoms with E-state index < -0.39 is 30.1 Å². The van der Waals surface area contributed by atoms with Crippen LogP contribution in [0.4, 0.5) is 4.79 Å². The molecule has 1 unspecified atom stereocenters. The van der Waals surface area contributed by atoms with Crippen LogP contribution in [0.25, 0.3) is 11.1 Å². The molecule has 0 spiro atoms. The van der Waals surface area contributed by atoms with Gasteiger partial charge in [-0.25, -0.2) is 9.59 Å². The van der Waals surface area contributed by atoms with Gasteiger partial charge >= 0.3 is 12.1 Å². The Morgan fingerprint density at radius 1 is 0.970 bits per heavy atom. The van der Waals surface area contributed by atoms with Gasteiger partial charge in [0.05, 0.1) is 6.61 Å². The average Bonchev–Trinajstić information content (AvgIpc) is 3.57. The maximum Gasteiger partial charge on any atom is 0.407 e. The summed E-state index contributed by atoms with van der Waals surface area (Å²) in [7, 11) is 1.40. The Bertz CT molecular complexity index is 990. The van der Waals surface area contributed by atoms with E-state index in [1.54, 1.807) is 0 Å². The second kappa shape index (κ2) is 10.0. The van der Waals surface area contributed by atoms with Crippen molar-refractivity contribution in [2.75, 3.05) is 20.3 Å². The molecule has 0 saturated heterocycles. The summed E-state index contributed by atoms with van der Waals surface area (Å²) in [5.41, 5.74) is 4.41. The van der Waals surface area contributed by atoms with Crippen LogP contribution in [0.15, 0.2) is 48.5 Å². The maximum atomic E-state index is 12.6. The van der Waals surface area contributed by atoms with Crippen molar-refractivity contribution in [3.8, 4) is 11.1 Å². The number of hydrogen-bond donors (Lipinski definition) is 3. The van der Waals surface area contributed by atoms with Gasteiger partial charge in [0.15, 0.2) is 0 Å². The number of amides is 2. The summed E-state index contributed by atoms with van der Waals surface area (Å²) in [6, 6.07) is 14.0. The summed E-state index contributed by atoms with van der Waals surface area (Å²) < 4.78 is 10.5. The van der Waals surface area contributed by atoms with Crippen LogP contribution >= 0.6 is 0 Å². The fourth-order valence-corrected chi connectivity index (χ4v) is 4.31. The molecule has 0 radical (unpaired) electrons. The zero-order chi connectivity index (χ0) is 23.4. The molecule has 8 nitrogen and oxygen atoms in total. The van der Waals surface area contributed by atoms with Gasteiger partial charge in [-0.3, -0.25) is 4.79 Å². The number of alkyl carbamates (subject to hydrolysis) is 1. The van der Waals surface area contributed by atoms with Gasteiger partial charge in [0.1, 0.15) is 18.7 Å². The Labute approximate surface area is 192 Å². The average molecular weight is 453 g/mol. The number of fused-ring (bicyclic) bond motifs is 3. The van der Waals surface area contributed by atoms with E-state index in [0.29, 0.717) is 12.3 Å². The Morgan fingerprint density at radius 2 is 1.58 bits per heavy atom. The van der Waals surface area contributed by atoms with Gasteiger partial charge in [-0.2, -0.15) is 0 Å². The molecule has 2 amide bonds. The Morgan fingerprint density at radius 3 is 2.12 bits per heavy atom. The first-order chi connectivity index (χ1) is 16.0. The molecule has 33 heavy (non-hydrogen) atoms. The fourth-order valence-electron chi connectivity index (χ4n) is 4.31. The number of carbonyl (C=O) groups excluding carboxylic acids is 2. The fraction of sp³-hybridized carbons (Fsp3) is 0.400. The van der Waals surface area contributed by atoms with Crippen molar-refractivity contribution in [3.05, 3.63) is 59.7 Å². The van der Waals surface area contributed by atoms with E-state index in [1.807, 2.05) is 48.5 Å². The van der Waals surface area contributed by atoms with Gasteiger partial charge in [-0.1, -0.05) is 61.4 Å². The standard InChI is InChI=1S/C25H28N2O6/c1-32-14-22(23(28)26-21(24(29)30)12-15-10-11-15)27-25(31)33-13-20-18-8-4-2-6-16(18)17-7-3-5-9-19(17)20/h2-9,15,20-22H,10-14H2,1H3,(H,26,28)(H,27,31)(H,29,30)/t21-,22?/m0/s1. The van der Waals surface area contributed by atoms with Crippen molar-refractivity contribution < 1.29 is 29.0 Å². The summed E-state index contributed by atoms with van der Waals surface area (Å²) in [4.78, 5) is 36.7. The molecule has 0 heterocycles. The number of carboxylic acid groups (broad SMARTS) is 1. The normalized spacial score (nSPS) is 16.3. The van der Waals surface area contributed by atoms with Crippen LogP contribution in [0.5, 0.6) is 0 Å². The van der Waals surface area contributed by atoms with Crippen molar-refractivity contribution >= 4 is 18.0 Å². The van der Waals surface area contributed by atoms with Crippen molar-refractivity contribution in [2.24, 2.45) is 5.92 Å². The number of ether oxygens (including phenoxy) is 2. The van der Waals surface area contributed by atoms with Crippen LogP contribution in [0, 0.1) is 5.92 Å². The maximum absolute atomic E-state index is 12.6. The summed E-state index contributed by atoms with van der Waals surface area (Å²) in [5, 5.41) is 14.4. The topological polar surface area (TPSA) is 114 Å². The van der Waals surface area contributed by atoms with Crippen molar-refractivity contribution in [1.82, 2.24) is 10.6 Å². The van der Waals surface area contributed by atoms with Crippen LogP contribution in [0.3, 0.4) is 0 Å². The number of hydrogen-bond acceptors (Lipinski definition) is 5. The largest absolute Gasteiger partial charge is 0.480 e. The van der Waals surface area contributed by atoms with E-state index in [4.69, 9.17) is 9.47 Å². The number of benzene rings is 2. The van der Waals surface area contributed by atoms with E-state index in [9.17, 15) is 19.5 Å². The second-order valence-electron chi connectivity index (χ2n) is 8.56. The SMILES string of the molecule is COCC(NC(=O)OCC1c2ccccc2-c2ccccc21)C(=O)N[C@@H](CC1CC1)C(=O)O. The molecule has 2 aliphatic rings. The molecule has 1 saturated carbocycles. The second-order valence-corrected chi connectivity index (χ2v) is 8.56. The molecule has 0 bridgehead atoms. The summed E-state index contributed by atoms with van der Waals surface area (Å²) in [6.07, 6.45) is 1.56. The van der Waals surface area contributed by atoms with Crippen LogP contribution in [0.1, 0.15) is 36.3 Å². The number of aliphatic carboxylic acids is 1. The monoisotopic (exact) mass is 452 g/mol. The highest BCUT2D eigenvalue weighted by Crippen LogP contribution is 2.44. The van der Waals surface area contributed by atoms with Crippen molar-refractivity contribution in [2.45, 2.75) is 37.3 Å². The van der Waals surface area contributed by atoms with Crippen molar-refractivity contribution in [3.63, 3.8) is 0 Å². The Balaban J connectivity index is 1.37. The lowest BCUT2D eigenvalue weighted by atomic mass is 9.98. The van der Waals surface area contributed by atoms with E-state index in [2.05, 4.69) is 10.6 Å². The van der Waals surface area contributed by atoms with E-state index in [0.717, 1.165) is 35.1 Å². The molecule has 4 rings (SSSR count). The first kappa shape index (κ1) is 22.8. The van der Waals surface area contributed by atoms with Crippen LogP contribution in [-0.2, 0) is 19.1 Å². The highest BCUT2D eigenvalue weighted by molar-refractivity contribution is 5.89. The minimum atomic E-state index is -1.09. The molecule has 0 aliphatic heterocycles. The van der Waals surface area contributed by atoms with Gasteiger partial charge in [0.2, 0.25) is 5.91 Å². The third kappa shape index (κ3) is 5.34. The molecule has 3 N–H and O–H groups in total. The van der Waals surface area contributed by atoms with Gasteiger partial charge in [0.25, 0.3) is 0 Å². The van der Waals surface area contributed by atoms with E-state index in [-0.39, 0.29) is 19.1 Å². The zero-order valence-electron chi connectivity index (χ0n) is 18.5. The van der Waals surface area contributed by atoms with E-state index >= 15 is 0 Å². The van der Waals surface area contributed by atoms with E-state index in [1.165, 1.54) is 7.11 Å². The minimum Gasteiger partial charge on any atom is -0.480 e. The molecule has 1 fully saturated rings. The van der Waals surface area contributed by atoms with Crippen LogP contribution < -0.4 is 10.6 Å². The molecular formula is C25H28N2O6. The molecule has 2 aromatic carbocycles. The number of carboxylic acids is 1. The first-order valence-corrected chi connectivity index (χ1v) is 11.1. The van der Waals surface area contributed by atoms with Crippen LogP contribution in [-0.4, -0.2) is 55.5 Å². The highest BCUT2D eigenvalue weighted by atomic mass is 16.5. The lowest BCUT2D eigenvalue weighted by Crippen LogP contribution is -2.53. The van der Waals surface area contributed by atoms with Crippen LogP contribution in [0.2, 0.25) is 0 Å². The van der Waals surface area contributed by atoms with Gasteiger partial charge in [-0.15, -0.1) is 0 Å². The molecule has 2 aliphatic carbocycles. The first-order valence-electron chi connectivity index (χ1n) is 11.1. The number of carbonyl (C=O) groups is 3. The summed E-state index contributed by atoms with van der Waals surface area (Å²) in [5.74, 6) is -1.49. The minimum absolute atomic E-state index is 0.104. The molecule has 2 aromatic rings. The molecule has 0 aromatic heterocycles. The lowest BCUT2D eigenvalue weighted by molar-refractivity contribution is -0.142. The number of rotatable bonds is 10.